The van der Waals surface area contributed by atoms with Crippen molar-refractivity contribution in [3.8, 4) is 22.6 Å². The summed E-state index contributed by atoms with van der Waals surface area (Å²) in [4.78, 5) is 12.4. The van der Waals surface area contributed by atoms with Crippen LogP contribution in [-0.4, -0.2) is 19.8 Å². The van der Waals surface area contributed by atoms with Gasteiger partial charge in [-0.25, -0.2) is 4.79 Å². The summed E-state index contributed by atoms with van der Waals surface area (Å²) < 4.78 is 8.63. The van der Waals surface area contributed by atoms with Gasteiger partial charge in [-0.1, -0.05) is 54.1 Å². The molecule has 0 saturated carbocycles. The third-order valence-electron chi connectivity index (χ3n) is 5.71. The molecule has 0 bridgehead atoms. The maximum absolute atomic E-state index is 12.4. The normalized spacial score (nSPS) is 11.1. The Bertz CT molecular complexity index is 1520. The van der Waals surface area contributed by atoms with E-state index in [1.54, 1.807) is 7.05 Å². The van der Waals surface area contributed by atoms with Crippen molar-refractivity contribution in [3.63, 3.8) is 0 Å². The quantitative estimate of drug-likeness (QED) is 0.358. The second-order valence-electron chi connectivity index (χ2n) is 7.89. The van der Waals surface area contributed by atoms with Crippen molar-refractivity contribution in [3.05, 3.63) is 105 Å². The summed E-state index contributed by atoms with van der Waals surface area (Å²) in [5.41, 5.74) is 4.52. The molecule has 0 unspecified atom stereocenters. The van der Waals surface area contributed by atoms with Gasteiger partial charge in [-0.05, 0) is 81.2 Å². The molecule has 0 aliphatic rings. The summed E-state index contributed by atoms with van der Waals surface area (Å²) in [5, 5.41) is 10.7. The number of nitrogens with zero attached hydrogens (tertiary/aromatic N) is 4. The van der Waals surface area contributed by atoms with Crippen molar-refractivity contribution in [2.75, 3.05) is 0 Å². The van der Waals surface area contributed by atoms with Crippen LogP contribution in [0.15, 0.2) is 83.7 Å². The van der Waals surface area contributed by atoms with Gasteiger partial charge in [0.15, 0.2) is 0 Å². The molecule has 0 radical (unpaired) electrons. The number of tetrazole rings is 1. The average molecular weight is 457 g/mol. The van der Waals surface area contributed by atoms with E-state index in [2.05, 4.69) is 34.7 Å². The zero-order valence-corrected chi connectivity index (χ0v) is 19.0. The van der Waals surface area contributed by atoms with Crippen LogP contribution in [0.5, 0.6) is 5.75 Å². The summed E-state index contributed by atoms with van der Waals surface area (Å²) in [6.45, 7) is 2.29. The van der Waals surface area contributed by atoms with Gasteiger partial charge >= 0.3 is 5.69 Å². The third kappa shape index (κ3) is 4.13. The molecule has 0 N–H and O–H groups in total. The van der Waals surface area contributed by atoms with E-state index >= 15 is 0 Å². The third-order valence-corrected chi connectivity index (χ3v) is 5.96. The Balaban J connectivity index is 1.41. The average Bonchev–Trinajstić information content (AvgIpc) is 3.16. The molecule has 1 heterocycles. The van der Waals surface area contributed by atoms with Crippen LogP contribution >= 0.6 is 11.6 Å². The SMILES string of the molecule is Cc1cccc(-n2nnn(C)c2=O)c1COc1ccc2cc(-c3ccc(Cl)cc3)ccc2c1. The first-order valence-electron chi connectivity index (χ1n) is 10.5. The highest BCUT2D eigenvalue weighted by atomic mass is 35.5. The topological polar surface area (TPSA) is 61.9 Å². The highest BCUT2D eigenvalue weighted by molar-refractivity contribution is 6.30. The van der Waals surface area contributed by atoms with E-state index < -0.39 is 0 Å². The van der Waals surface area contributed by atoms with E-state index in [4.69, 9.17) is 16.3 Å². The first kappa shape index (κ1) is 21.0. The summed E-state index contributed by atoms with van der Waals surface area (Å²) in [7, 11) is 1.57. The largest absolute Gasteiger partial charge is 0.489 e. The summed E-state index contributed by atoms with van der Waals surface area (Å²) in [6, 6.07) is 25.9. The second kappa shape index (κ2) is 8.56. The summed E-state index contributed by atoms with van der Waals surface area (Å²) in [6.07, 6.45) is 0. The van der Waals surface area contributed by atoms with Crippen LogP contribution < -0.4 is 10.4 Å². The van der Waals surface area contributed by atoms with Crippen molar-refractivity contribution in [1.82, 2.24) is 19.8 Å². The fraction of sp³-hybridized carbons (Fsp3) is 0.115. The first-order chi connectivity index (χ1) is 16.0. The highest BCUT2D eigenvalue weighted by Gasteiger charge is 2.13. The molecule has 4 aromatic carbocycles. The minimum atomic E-state index is -0.302. The van der Waals surface area contributed by atoms with Gasteiger partial charge < -0.3 is 4.74 Å². The molecule has 0 saturated heterocycles. The number of ether oxygens (including phenoxy) is 1. The van der Waals surface area contributed by atoms with Gasteiger partial charge in [-0.3, -0.25) is 0 Å². The number of fused-ring (bicyclic) bond motifs is 1. The van der Waals surface area contributed by atoms with E-state index in [9.17, 15) is 4.79 Å². The van der Waals surface area contributed by atoms with Gasteiger partial charge in [0.25, 0.3) is 0 Å². The molecule has 0 fully saturated rings. The number of aromatic nitrogens is 4. The number of halogens is 1. The lowest BCUT2D eigenvalue weighted by molar-refractivity contribution is 0.305. The molecule has 0 atom stereocenters. The maximum Gasteiger partial charge on any atom is 0.368 e. The number of hydrogen-bond acceptors (Lipinski definition) is 4. The zero-order valence-electron chi connectivity index (χ0n) is 18.2. The van der Waals surface area contributed by atoms with E-state index in [0.29, 0.717) is 12.3 Å². The van der Waals surface area contributed by atoms with Crippen molar-refractivity contribution in [2.45, 2.75) is 13.5 Å². The Morgan fingerprint density at radius 2 is 1.61 bits per heavy atom. The molecule has 33 heavy (non-hydrogen) atoms. The van der Waals surface area contributed by atoms with E-state index in [0.717, 1.165) is 43.8 Å². The van der Waals surface area contributed by atoms with Crippen molar-refractivity contribution < 1.29 is 4.74 Å². The lowest BCUT2D eigenvalue weighted by Crippen LogP contribution is -2.23. The van der Waals surface area contributed by atoms with Gasteiger partial charge in [0.2, 0.25) is 0 Å². The predicted octanol–water partition coefficient (Wildman–Crippen LogP) is 5.33. The van der Waals surface area contributed by atoms with Gasteiger partial charge in [-0.15, -0.1) is 0 Å². The number of benzene rings is 4. The molecule has 0 aliphatic heterocycles. The molecule has 0 aliphatic carbocycles. The van der Waals surface area contributed by atoms with Crippen molar-refractivity contribution in [1.29, 1.82) is 0 Å². The standard InChI is InChI=1S/C26H21ClN4O2/c1-17-4-3-5-25(31-26(32)30(2)28-29-31)24(17)16-33-23-13-10-20-14-19(6-7-21(20)15-23)18-8-11-22(27)12-9-18/h3-15H,16H2,1-2H3. The van der Waals surface area contributed by atoms with Gasteiger partial charge in [0.1, 0.15) is 12.4 Å². The Morgan fingerprint density at radius 1 is 0.879 bits per heavy atom. The van der Waals surface area contributed by atoms with Crippen LogP contribution in [0.4, 0.5) is 0 Å². The number of hydrogen-bond donors (Lipinski definition) is 0. The fourth-order valence-electron chi connectivity index (χ4n) is 3.83. The predicted molar refractivity (Wildman–Crippen MR) is 130 cm³/mol. The highest BCUT2D eigenvalue weighted by Crippen LogP contribution is 2.28. The van der Waals surface area contributed by atoms with E-state index in [1.807, 2.05) is 61.5 Å². The van der Waals surface area contributed by atoms with Crippen LogP contribution in [0.1, 0.15) is 11.1 Å². The smallest absolute Gasteiger partial charge is 0.368 e. The minimum Gasteiger partial charge on any atom is -0.489 e. The maximum atomic E-state index is 12.4. The number of rotatable bonds is 5. The van der Waals surface area contributed by atoms with Crippen LogP contribution in [0, 0.1) is 6.92 Å². The Labute approximate surface area is 195 Å². The molecule has 0 amide bonds. The molecule has 5 aromatic rings. The zero-order chi connectivity index (χ0) is 22.9. The van der Waals surface area contributed by atoms with E-state index in [1.165, 1.54) is 9.36 Å². The molecule has 164 valence electrons. The lowest BCUT2D eigenvalue weighted by atomic mass is 10.0. The summed E-state index contributed by atoms with van der Waals surface area (Å²) in [5.74, 6) is 0.752. The first-order valence-corrected chi connectivity index (χ1v) is 10.9. The van der Waals surface area contributed by atoms with Crippen molar-refractivity contribution >= 4 is 22.4 Å². The van der Waals surface area contributed by atoms with Crippen LogP contribution in [0.25, 0.3) is 27.6 Å². The molecule has 6 nitrogen and oxygen atoms in total. The second-order valence-corrected chi connectivity index (χ2v) is 8.33. The minimum absolute atomic E-state index is 0.302. The van der Waals surface area contributed by atoms with Gasteiger partial charge in [-0.2, -0.15) is 9.36 Å². The molecular weight excluding hydrogens is 436 g/mol. The molecule has 1 aromatic heterocycles. The number of aryl methyl sites for hydroxylation is 2. The van der Waals surface area contributed by atoms with Crippen LogP contribution in [-0.2, 0) is 13.7 Å². The van der Waals surface area contributed by atoms with Crippen LogP contribution in [0.2, 0.25) is 5.02 Å². The Kier molecular flexibility index (Phi) is 5.44. The van der Waals surface area contributed by atoms with Crippen LogP contribution in [0.3, 0.4) is 0 Å². The van der Waals surface area contributed by atoms with Gasteiger partial charge in [0.05, 0.1) is 5.69 Å². The van der Waals surface area contributed by atoms with Gasteiger partial charge in [0, 0.05) is 17.6 Å². The fourth-order valence-corrected chi connectivity index (χ4v) is 3.95. The molecular formula is C26H21ClN4O2. The Hall–Kier alpha value is -3.90. The molecule has 5 rings (SSSR count). The molecule has 7 heteroatoms. The van der Waals surface area contributed by atoms with Crippen molar-refractivity contribution in [2.24, 2.45) is 7.05 Å². The Morgan fingerprint density at radius 3 is 2.36 bits per heavy atom. The summed E-state index contributed by atoms with van der Waals surface area (Å²) >= 11 is 6.01. The monoisotopic (exact) mass is 456 g/mol. The molecule has 0 spiro atoms. The lowest BCUT2D eigenvalue weighted by Gasteiger charge is -2.13. The van der Waals surface area contributed by atoms with E-state index in [-0.39, 0.29) is 5.69 Å².